The Balaban J connectivity index is 0.000000608. The van der Waals surface area contributed by atoms with Crippen LogP contribution in [-0.4, -0.2) is 85.5 Å². The maximum atomic E-state index is 11.3. The Morgan fingerprint density at radius 2 is 0.698 bits per heavy atom. The molecule has 1 radical (unpaired) electrons. The van der Waals surface area contributed by atoms with E-state index in [9.17, 15) is 28.8 Å². The third-order valence-corrected chi connectivity index (χ3v) is 4.61. The molecule has 0 aliphatic rings. The average molecular weight is 741 g/mol. The summed E-state index contributed by atoms with van der Waals surface area (Å²) in [5.74, 6) is -4.52. The van der Waals surface area contributed by atoms with Gasteiger partial charge in [-0.3, -0.25) is 14.4 Å². The van der Waals surface area contributed by atoms with Crippen molar-refractivity contribution in [3.8, 4) is 0 Å². The van der Waals surface area contributed by atoms with Crippen LogP contribution in [0.15, 0.2) is 54.6 Å². The molecule has 0 fully saturated rings. The number of carbonyl (C=O) groups excluding carboxylic acids is 3. The Hall–Kier alpha value is -4.44. The monoisotopic (exact) mass is 741 g/mol. The number of hydrogen-bond donors (Lipinski definition) is 6. The fourth-order valence-electron chi connectivity index (χ4n) is 2.79. The summed E-state index contributed by atoms with van der Waals surface area (Å²) in [6, 6.07) is 12.9. The molecule has 3 rings (SSSR count). The van der Waals surface area contributed by atoms with Gasteiger partial charge in [-0.2, -0.15) is 0 Å². The summed E-state index contributed by atoms with van der Waals surface area (Å²) in [5.41, 5.74) is -0.0403. The van der Waals surface area contributed by atoms with E-state index in [1.54, 1.807) is 20.8 Å². The van der Waals surface area contributed by atoms with E-state index in [1.807, 2.05) is 0 Å². The number of rotatable bonds is 9. The Labute approximate surface area is 277 Å². The van der Waals surface area contributed by atoms with Gasteiger partial charge in [0, 0.05) is 58.2 Å². The maximum absolute atomic E-state index is 11.3. The second kappa shape index (κ2) is 20.4. The quantitative estimate of drug-likeness (QED) is 0.183. The third-order valence-electron chi connectivity index (χ3n) is 4.61. The molecule has 0 saturated carbocycles. The van der Waals surface area contributed by atoms with Crippen LogP contribution in [0.1, 0.15) is 83.7 Å². The van der Waals surface area contributed by atoms with Crippen LogP contribution in [0, 0.1) is 38.6 Å². The molecule has 43 heavy (non-hydrogen) atoms. The topological polar surface area (TPSA) is 238 Å². The number of hydrogen-bond acceptors (Lipinski definition) is 9. The third kappa shape index (κ3) is 13.8. The number of carbonyl (C=O) groups is 6. The van der Waals surface area contributed by atoms with Gasteiger partial charge in [-0.05, 0) is 57.2 Å². The molecule has 0 unspecified atom stereocenters. The molecule has 16 heteroatoms. The van der Waals surface area contributed by atoms with Gasteiger partial charge in [0.2, 0.25) is 0 Å². The van der Waals surface area contributed by atoms with Crippen LogP contribution in [0.5, 0.6) is 0 Å². The molecule has 0 saturated heterocycles. The second-order valence-corrected chi connectivity index (χ2v) is 7.72. The number of pyridine rings is 3. The summed E-state index contributed by atoms with van der Waals surface area (Å²) in [6.45, 7) is 6.78. The summed E-state index contributed by atoms with van der Waals surface area (Å²) in [5, 5.41) is 33.5. The second-order valence-electron chi connectivity index (χ2n) is 7.72. The molecule has 0 aromatic carbocycles. The minimum Gasteiger partial charge on any atom is -0.477 e. The fraction of sp³-hybridized carbons (Fsp3) is 0.222. The average Bonchev–Trinajstić information content (AvgIpc) is 2.98. The molecule has 231 valence electrons. The summed E-state index contributed by atoms with van der Waals surface area (Å²) < 4.78 is 0. The van der Waals surface area contributed by atoms with E-state index in [-0.39, 0.29) is 90.5 Å². The Morgan fingerprint density at radius 3 is 0.884 bits per heavy atom. The summed E-state index contributed by atoms with van der Waals surface area (Å²) >= 11 is 0. The standard InChI is InChI=1S/3C9H10N2O3.Tb/c3*1-2-10-8(12)6-4-3-5-7(11-6)9(13)14;/h3*3-5H,2H2,1H3,(H,10,12)(H,13,14);. The smallest absolute Gasteiger partial charge is 0.354 e. The molecule has 0 atom stereocenters. The summed E-state index contributed by atoms with van der Waals surface area (Å²) in [4.78, 5) is 76.4. The van der Waals surface area contributed by atoms with E-state index in [4.69, 9.17) is 15.3 Å². The number of nitrogens with zero attached hydrogens (tertiary/aromatic N) is 3. The Bertz CT molecular complexity index is 1270. The Kier molecular flexibility index (Phi) is 18.3. The van der Waals surface area contributed by atoms with E-state index in [2.05, 4.69) is 30.9 Å². The molecule has 0 bridgehead atoms. The van der Waals surface area contributed by atoms with Crippen LogP contribution in [-0.2, 0) is 0 Å². The van der Waals surface area contributed by atoms with Crippen LogP contribution in [0.3, 0.4) is 0 Å². The van der Waals surface area contributed by atoms with Crippen LogP contribution in [0.4, 0.5) is 0 Å². The van der Waals surface area contributed by atoms with Crippen LogP contribution < -0.4 is 16.0 Å². The van der Waals surface area contributed by atoms with Crippen molar-refractivity contribution < 1.29 is 82.7 Å². The van der Waals surface area contributed by atoms with Gasteiger partial charge in [0.15, 0.2) is 0 Å². The number of aromatic carboxylic acids is 3. The van der Waals surface area contributed by atoms with Crippen LogP contribution in [0.25, 0.3) is 0 Å². The largest absolute Gasteiger partial charge is 0.477 e. The van der Waals surface area contributed by atoms with Crippen LogP contribution in [0.2, 0.25) is 0 Å². The van der Waals surface area contributed by atoms with Gasteiger partial charge in [0.25, 0.3) is 17.7 Å². The fourth-order valence-corrected chi connectivity index (χ4v) is 2.79. The molecule has 6 N–H and O–H groups in total. The summed E-state index contributed by atoms with van der Waals surface area (Å²) in [6.07, 6.45) is 0. The minimum atomic E-state index is -1.14. The predicted octanol–water partition coefficient (Wildman–Crippen LogP) is 1.59. The molecule has 0 spiro atoms. The zero-order valence-electron chi connectivity index (χ0n) is 23.3. The van der Waals surface area contributed by atoms with Gasteiger partial charge in [0.1, 0.15) is 34.2 Å². The number of carboxylic acid groups (broad SMARTS) is 3. The molecule has 3 aromatic rings. The molecular weight excluding hydrogens is 711 g/mol. The van der Waals surface area contributed by atoms with Crippen molar-refractivity contribution >= 4 is 35.6 Å². The van der Waals surface area contributed by atoms with Gasteiger partial charge in [-0.15, -0.1) is 0 Å². The first-order valence-electron chi connectivity index (χ1n) is 12.4. The molecule has 0 aliphatic carbocycles. The number of amides is 3. The van der Waals surface area contributed by atoms with Crippen molar-refractivity contribution in [1.29, 1.82) is 0 Å². The van der Waals surface area contributed by atoms with Gasteiger partial charge in [0.05, 0.1) is 0 Å². The van der Waals surface area contributed by atoms with Crippen LogP contribution >= 0.6 is 0 Å². The van der Waals surface area contributed by atoms with Crippen molar-refractivity contribution in [3.05, 3.63) is 88.8 Å². The summed E-state index contributed by atoms with van der Waals surface area (Å²) in [7, 11) is 0. The molecular formula is C27H30N6O9Tb. The van der Waals surface area contributed by atoms with E-state index >= 15 is 0 Å². The molecule has 15 nitrogen and oxygen atoms in total. The van der Waals surface area contributed by atoms with E-state index in [0.717, 1.165) is 0 Å². The van der Waals surface area contributed by atoms with Crippen molar-refractivity contribution in [3.63, 3.8) is 0 Å². The number of nitrogens with one attached hydrogen (secondary N) is 3. The number of carboxylic acids is 3. The minimum absolute atomic E-state index is 0. The van der Waals surface area contributed by atoms with Crippen molar-refractivity contribution in [2.75, 3.05) is 19.6 Å². The van der Waals surface area contributed by atoms with Gasteiger partial charge < -0.3 is 31.3 Å². The van der Waals surface area contributed by atoms with Crippen molar-refractivity contribution in [2.45, 2.75) is 20.8 Å². The first-order chi connectivity index (χ1) is 19.9. The zero-order chi connectivity index (χ0) is 31.7. The maximum Gasteiger partial charge on any atom is 0.354 e. The first-order valence-corrected chi connectivity index (χ1v) is 12.4. The zero-order valence-corrected chi connectivity index (χ0v) is 25.4. The molecule has 0 aliphatic heterocycles. The Morgan fingerprint density at radius 1 is 0.488 bits per heavy atom. The first kappa shape index (κ1) is 38.6. The predicted molar refractivity (Wildman–Crippen MR) is 148 cm³/mol. The van der Waals surface area contributed by atoms with Gasteiger partial charge in [-0.1, -0.05) is 18.2 Å². The normalized spacial score (nSPS) is 9.28. The molecule has 3 heterocycles. The molecule has 3 aromatic heterocycles. The van der Waals surface area contributed by atoms with E-state index < -0.39 is 17.9 Å². The van der Waals surface area contributed by atoms with Gasteiger partial charge in [-0.25, -0.2) is 29.3 Å². The van der Waals surface area contributed by atoms with Crippen molar-refractivity contribution in [2.24, 2.45) is 0 Å². The SMILES string of the molecule is CCNC(=O)c1cccc(C(=O)O)n1.CCNC(=O)c1cccc(C(=O)O)n1.CCNC(=O)c1cccc(C(=O)O)n1.[Tb]. The number of aromatic nitrogens is 3. The van der Waals surface area contributed by atoms with Gasteiger partial charge >= 0.3 is 17.9 Å². The molecule has 3 amide bonds. The van der Waals surface area contributed by atoms with E-state index in [1.165, 1.54) is 54.6 Å². The van der Waals surface area contributed by atoms with Crippen molar-refractivity contribution in [1.82, 2.24) is 30.9 Å². The van der Waals surface area contributed by atoms with E-state index in [0.29, 0.717) is 19.6 Å².